The van der Waals surface area contributed by atoms with Crippen LogP contribution in [0.2, 0.25) is 0 Å². The second-order valence-electron chi connectivity index (χ2n) is 7.45. The van der Waals surface area contributed by atoms with E-state index < -0.39 is 23.7 Å². The number of unbranched alkanes of at least 4 members (excludes halogenated alkanes) is 2. The van der Waals surface area contributed by atoms with Crippen molar-refractivity contribution in [3.63, 3.8) is 0 Å². The molecule has 0 aliphatic carbocycles. The smallest absolute Gasteiger partial charge is 0.347 e. The van der Waals surface area contributed by atoms with Crippen molar-refractivity contribution in [1.82, 2.24) is 14.1 Å². The molecule has 8 nitrogen and oxygen atoms in total. The van der Waals surface area contributed by atoms with Crippen molar-refractivity contribution < 1.29 is 9.59 Å². The van der Waals surface area contributed by atoms with Crippen LogP contribution in [0.5, 0.6) is 0 Å². The molecule has 0 aliphatic heterocycles. The third kappa shape index (κ3) is 5.69. The van der Waals surface area contributed by atoms with Crippen LogP contribution in [0.4, 0.5) is 4.79 Å². The van der Waals surface area contributed by atoms with E-state index in [1.807, 2.05) is 6.07 Å². The van der Waals surface area contributed by atoms with Gasteiger partial charge in [-0.15, -0.1) is 0 Å². The molecular formula is C21H35N5O3. The van der Waals surface area contributed by atoms with Crippen molar-refractivity contribution >= 4 is 23.0 Å². The van der Waals surface area contributed by atoms with Gasteiger partial charge in [-0.2, -0.15) is 0 Å². The van der Waals surface area contributed by atoms with Crippen LogP contribution in [-0.2, 0) is 11.3 Å². The number of para-hydroxylation sites is 2. The van der Waals surface area contributed by atoms with E-state index in [1.165, 1.54) is 6.42 Å². The lowest BCUT2D eigenvalue weighted by molar-refractivity contribution is -0.123. The van der Waals surface area contributed by atoms with Gasteiger partial charge in [0.2, 0.25) is 5.91 Å². The molecule has 0 spiro atoms. The van der Waals surface area contributed by atoms with Gasteiger partial charge >= 0.3 is 11.7 Å². The minimum absolute atomic E-state index is 0.282. The molecule has 1 heterocycles. The maximum atomic E-state index is 12.9. The van der Waals surface area contributed by atoms with Crippen LogP contribution in [0.25, 0.3) is 11.0 Å². The van der Waals surface area contributed by atoms with Crippen LogP contribution in [0.3, 0.4) is 0 Å². The molecule has 162 valence electrons. The molecule has 29 heavy (non-hydrogen) atoms. The molecule has 0 bridgehead atoms. The van der Waals surface area contributed by atoms with Crippen LogP contribution in [-0.4, -0.2) is 32.1 Å². The van der Waals surface area contributed by atoms with E-state index in [0.29, 0.717) is 17.6 Å². The summed E-state index contributed by atoms with van der Waals surface area (Å²) in [6, 6.07) is 5.27. The van der Waals surface area contributed by atoms with Gasteiger partial charge in [0, 0.05) is 6.54 Å². The Morgan fingerprint density at radius 2 is 1.62 bits per heavy atom. The molecule has 8 heteroatoms. The molecule has 0 unspecified atom stereocenters. The summed E-state index contributed by atoms with van der Waals surface area (Å²) in [6.45, 7) is 10.3. The number of amides is 2. The Balaban J connectivity index is 0.00000132. The Bertz CT molecular complexity index is 869. The fourth-order valence-corrected chi connectivity index (χ4v) is 3.15. The first-order chi connectivity index (χ1) is 13.7. The molecule has 0 radical (unpaired) electrons. The van der Waals surface area contributed by atoms with E-state index in [0.717, 1.165) is 28.8 Å². The SMILES string of the molecule is CCC.CCCCCn1c(=O)n(C(=O)N(N)[C@H](C(N)=O)C(C)C)c2ccccc21. The van der Waals surface area contributed by atoms with Crippen molar-refractivity contribution in [2.45, 2.75) is 72.9 Å². The zero-order valence-electron chi connectivity index (χ0n) is 18.2. The van der Waals surface area contributed by atoms with Gasteiger partial charge in [-0.25, -0.2) is 25.0 Å². The second-order valence-corrected chi connectivity index (χ2v) is 7.45. The minimum Gasteiger partial charge on any atom is -0.368 e. The number of hydrazine groups is 1. The summed E-state index contributed by atoms with van der Waals surface area (Å²) in [5.74, 6) is 4.91. The molecule has 0 fully saturated rings. The summed E-state index contributed by atoms with van der Waals surface area (Å²) in [5, 5.41) is 0.761. The first kappa shape index (κ1) is 24.4. The zero-order valence-corrected chi connectivity index (χ0v) is 18.2. The lowest BCUT2D eigenvalue weighted by Gasteiger charge is -2.27. The predicted octanol–water partition coefficient (Wildman–Crippen LogP) is 3.06. The fourth-order valence-electron chi connectivity index (χ4n) is 3.15. The van der Waals surface area contributed by atoms with Crippen molar-refractivity contribution in [2.75, 3.05) is 0 Å². The number of hydrogen-bond acceptors (Lipinski definition) is 4. The van der Waals surface area contributed by atoms with E-state index >= 15 is 0 Å². The number of aryl methyl sites for hydroxylation is 1. The Morgan fingerprint density at radius 3 is 2.10 bits per heavy atom. The van der Waals surface area contributed by atoms with Gasteiger partial charge in [-0.1, -0.05) is 66.0 Å². The molecule has 2 aromatic rings. The maximum absolute atomic E-state index is 12.9. The highest BCUT2D eigenvalue weighted by molar-refractivity contribution is 5.92. The summed E-state index contributed by atoms with van der Waals surface area (Å²) < 4.78 is 2.59. The van der Waals surface area contributed by atoms with Gasteiger partial charge in [-0.3, -0.25) is 9.36 Å². The lowest BCUT2D eigenvalue weighted by Crippen LogP contribution is -2.56. The van der Waals surface area contributed by atoms with Crippen molar-refractivity contribution in [3.8, 4) is 0 Å². The Hall–Kier alpha value is -2.61. The number of nitrogens with two attached hydrogens (primary N) is 2. The summed E-state index contributed by atoms with van der Waals surface area (Å²) in [6.07, 6.45) is 4.10. The minimum atomic E-state index is -1.00. The van der Waals surface area contributed by atoms with Crippen LogP contribution >= 0.6 is 0 Å². The number of carbonyl (C=O) groups excluding carboxylic acids is 2. The third-order valence-electron chi connectivity index (χ3n) is 4.46. The van der Waals surface area contributed by atoms with E-state index in [4.69, 9.17) is 11.6 Å². The highest BCUT2D eigenvalue weighted by Gasteiger charge is 2.31. The molecule has 2 rings (SSSR count). The van der Waals surface area contributed by atoms with Gasteiger partial charge in [0.05, 0.1) is 11.0 Å². The summed E-state index contributed by atoms with van der Waals surface area (Å²) in [4.78, 5) is 37.5. The van der Waals surface area contributed by atoms with Crippen LogP contribution < -0.4 is 17.3 Å². The molecule has 0 saturated carbocycles. The quantitative estimate of drug-likeness (QED) is 0.319. The molecule has 4 N–H and O–H groups in total. The van der Waals surface area contributed by atoms with Crippen LogP contribution in [0.1, 0.15) is 60.3 Å². The van der Waals surface area contributed by atoms with Gasteiger partial charge < -0.3 is 5.73 Å². The Labute approximate surface area is 172 Å². The van der Waals surface area contributed by atoms with E-state index in [9.17, 15) is 14.4 Å². The highest BCUT2D eigenvalue weighted by atomic mass is 16.2. The molecule has 1 aromatic carbocycles. The van der Waals surface area contributed by atoms with Crippen molar-refractivity contribution in [3.05, 3.63) is 34.7 Å². The number of fused-ring (bicyclic) bond motifs is 1. The van der Waals surface area contributed by atoms with E-state index in [-0.39, 0.29) is 5.92 Å². The summed E-state index contributed by atoms with van der Waals surface area (Å²) in [5.41, 5.74) is 6.04. The number of aromatic nitrogens is 2. The normalized spacial score (nSPS) is 11.8. The topological polar surface area (TPSA) is 116 Å². The average Bonchev–Trinajstić information content (AvgIpc) is 2.93. The summed E-state index contributed by atoms with van der Waals surface area (Å²) in [7, 11) is 0. The molecule has 1 aromatic heterocycles. The third-order valence-corrected chi connectivity index (χ3v) is 4.46. The molecule has 0 saturated heterocycles. The van der Waals surface area contributed by atoms with Gasteiger partial charge in [-0.05, 0) is 24.5 Å². The molecule has 0 aliphatic rings. The maximum Gasteiger partial charge on any atom is 0.347 e. The number of imidazole rings is 1. The van der Waals surface area contributed by atoms with Gasteiger partial charge in [0.1, 0.15) is 6.04 Å². The fraction of sp³-hybridized carbons (Fsp3) is 0.571. The lowest BCUT2D eigenvalue weighted by atomic mass is 10.0. The monoisotopic (exact) mass is 405 g/mol. The Morgan fingerprint density at radius 1 is 1.07 bits per heavy atom. The highest BCUT2D eigenvalue weighted by Crippen LogP contribution is 2.16. The van der Waals surface area contributed by atoms with E-state index in [2.05, 4.69) is 20.8 Å². The number of hydrogen-bond donors (Lipinski definition) is 2. The standard InChI is InChI=1S/C18H27N5O3.C3H8/c1-4-5-8-11-21-13-9-6-7-10-14(13)22(17(21)25)18(26)23(20)15(12(2)3)16(19)24;1-3-2/h6-7,9-10,12,15H,4-5,8,11,20H2,1-3H3,(H2,19,24);3H2,1-2H3/t15-;/m0./s1. The summed E-state index contributed by atoms with van der Waals surface area (Å²) >= 11 is 0. The average molecular weight is 406 g/mol. The number of primary amides is 1. The zero-order chi connectivity index (χ0) is 22.1. The predicted molar refractivity (Wildman–Crippen MR) is 116 cm³/mol. The first-order valence-corrected chi connectivity index (χ1v) is 10.3. The van der Waals surface area contributed by atoms with Crippen LogP contribution in [0.15, 0.2) is 29.1 Å². The number of rotatable bonds is 7. The first-order valence-electron chi connectivity index (χ1n) is 10.3. The van der Waals surface area contributed by atoms with E-state index in [1.54, 1.807) is 36.6 Å². The molecule has 1 atom stereocenters. The number of carbonyl (C=O) groups is 2. The Kier molecular flexibility index (Phi) is 9.61. The van der Waals surface area contributed by atoms with Gasteiger partial charge in [0.25, 0.3) is 0 Å². The number of nitrogens with zero attached hydrogens (tertiary/aromatic N) is 3. The molecule has 2 amide bonds. The second kappa shape index (κ2) is 11.4. The van der Waals surface area contributed by atoms with Crippen molar-refractivity contribution in [2.24, 2.45) is 17.5 Å². The van der Waals surface area contributed by atoms with Crippen molar-refractivity contribution in [1.29, 1.82) is 0 Å². The molecular weight excluding hydrogens is 370 g/mol. The number of benzene rings is 1. The van der Waals surface area contributed by atoms with Crippen LogP contribution in [0, 0.1) is 5.92 Å². The van der Waals surface area contributed by atoms with Gasteiger partial charge in [0.15, 0.2) is 0 Å². The largest absolute Gasteiger partial charge is 0.368 e.